The summed E-state index contributed by atoms with van der Waals surface area (Å²) in [5.41, 5.74) is 2.15. The van der Waals surface area contributed by atoms with Crippen LogP contribution in [0.1, 0.15) is 29.5 Å². The van der Waals surface area contributed by atoms with Gasteiger partial charge in [0.1, 0.15) is 24.6 Å². The van der Waals surface area contributed by atoms with E-state index < -0.39 is 5.60 Å². The predicted molar refractivity (Wildman–Crippen MR) is 137 cm³/mol. The molecule has 1 atom stereocenters. The molecule has 1 aliphatic heterocycles. The quantitative estimate of drug-likeness (QED) is 0.438. The monoisotopic (exact) mass is 499 g/mol. The number of nitrogens with zero attached hydrogens (tertiary/aromatic N) is 3. The molecule has 0 radical (unpaired) electrons. The second-order valence-electron chi connectivity index (χ2n) is 9.33. The van der Waals surface area contributed by atoms with Gasteiger partial charge in [0.2, 0.25) is 0 Å². The number of hydrogen-bond donors (Lipinski definition) is 1. The Labute approximate surface area is 212 Å². The van der Waals surface area contributed by atoms with Gasteiger partial charge in [-0.15, -0.1) is 0 Å². The Morgan fingerprint density at radius 1 is 1.11 bits per heavy atom. The number of ether oxygens (including phenoxy) is 3. The fourth-order valence-corrected chi connectivity index (χ4v) is 4.65. The molecule has 1 fully saturated rings. The third-order valence-corrected chi connectivity index (χ3v) is 6.95. The molecule has 0 bridgehead atoms. The fraction of sp³-hybridized carbons (Fsp3) is 0.444. The average Bonchev–Trinajstić information content (AvgIpc) is 3.35. The van der Waals surface area contributed by atoms with Crippen LogP contribution in [0.15, 0.2) is 49.1 Å². The van der Waals surface area contributed by atoms with E-state index in [4.69, 9.17) is 25.8 Å². The van der Waals surface area contributed by atoms with Gasteiger partial charge in [0, 0.05) is 30.5 Å². The number of piperidine rings is 1. The molecule has 2 heterocycles. The van der Waals surface area contributed by atoms with Gasteiger partial charge in [-0.2, -0.15) is 0 Å². The zero-order chi connectivity index (χ0) is 24.8. The lowest BCUT2D eigenvalue weighted by Gasteiger charge is -2.39. The normalized spacial score (nSPS) is 18.4. The summed E-state index contributed by atoms with van der Waals surface area (Å²) in [6, 6.07) is 9.85. The first-order chi connectivity index (χ1) is 16.8. The van der Waals surface area contributed by atoms with Crippen molar-refractivity contribution in [3.63, 3.8) is 0 Å². The van der Waals surface area contributed by atoms with Crippen molar-refractivity contribution in [3.05, 3.63) is 70.8 Å². The Kier molecular flexibility index (Phi) is 8.21. The Morgan fingerprint density at radius 2 is 1.91 bits per heavy atom. The molecular formula is C27H34ClN3O4. The SMILES string of the molecule is COc1ccc(CN2CCC[C@](O)(COc3cc(C)c(Cl)c(C)c3)C2)cc1OCCn1ccnc1. The molecule has 0 spiro atoms. The standard InChI is InChI=1S/C27H34ClN3O4/c1-20-13-23(14-21(2)26(20)28)35-18-27(32)7-4-9-31(17-27)16-22-5-6-24(33-3)25(15-22)34-12-11-30-10-8-29-19-30/h5-6,8,10,13-15,19,32H,4,7,9,11-12,16-18H2,1-3H3/t27-/m1/s1. The van der Waals surface area contributed by atoms with Crippen molar-refractivity contribution in [3.8, 4) is 17.2 Å². The number of aryl methyl sites for hydroxylation is 2. The maximum Gasteiger partial charge on any atom is 0.161 e. The van der Waals surface area contributed by atoms with Gasteiger partial charge in [0.25, 0.3) is 0 Å². The van der Waals surface area contributed by atoms with E-state index in [-0.39, 0.29) is 6.61 Å². The van der Waals surface area contributed by atoms with Crippen LogP contribution in [0.2, 0.25) is 5.02 Å². The zero-order valence-corrected chi connectivity index (χ0v) is 21.4. The summed E-state index contributed by atoms with van der Waals surface area (Å²) in [5, 5.41) is 12.0. The Morgan fingerprint density at radius 3 is 2.63 bits per heavy atom. The molecule has 2 aromatic carbocycles. The lowest BCUT2D eigenvalue weighted by atomic mass is 9.93. The molecule has 1 aliphatic rings. The third-order valence-electron chi connectivity index (χ3n) is 6.35. The van der Waals surface area contributed by atoms with Gasteiger partial charge in [0.15, 0.2) is 11.5 Å². The van der Waals surface area contributed by atoms with E-state index in [1.54, 1.807) is 19.6 Å². The topological polar surface area (TPSA) is 69.0 Å². The highest BCUT2D eigenvalue weighted by Crippen LogP contribution is 2.31. The predicted octanol–water partition coefficient (Wildman–Crippen LogP) is 4.65. The summed E-state index contributed by atoms with van der Waals surface area (Å²) in [6.45, 7) is 7.57. The van der Waals surface area contributed by atoms with Crippen LogP contribution in [0, 0.1) is 13.8 Å². The minimum atomic E-state index is -0.906. The van der Waals surface area contributed by atoms with Crippen molar-refractivity contribution in [1.82, 2.24) is 14.5 Å². The molecule has 1 saturated heterocycles. The van der Waals surface area contributed by atoms with Crippen LogP contribution in [0.25, 0.3) is 0 Å². The van der Waals surface area contributed by atoms with E-state index in [0.717, 1.165) is 40.4 Å². The summed E-state index contributed by atoms with van der Waals surface area (Å²) in [5.74, 6) is 2.16. The molecule has 0 unspecified atom stereocenters. The minimum Gasteiger partial charge on any atom is -0.493 e. The maximum atomic E-state index is 11.3. The number of likely N-dealkylation sites (tertiary alicyclic amines) is 1. The Balaban J connectivity index is 1.36. The number of aromatic nitrogens is 2. The van der Waals surface area contributed by atoms with Crippen LogP contribution in [0.5, 0.6) is 17.2 Å². The lowest BCUT2D eigenvalue weighted by Crippen LogP contribution is -2.51. The summed E-state index contributed by atoms with van der Waals surface area (Å²) in [4.78, 5) is 6.32. The van der Waals surface area contributed by atoms with Crippen molar-refractivity contribution in [2.45, 2.75) is 45.4 Å². The highest BCUT2D eigenvalue weighted by atomic mass is 35.5. The smallest absolute Gasteiger partial charge is 0.161 e. The molecule has 4 rings (SSSR count). The summed E-state index contributed by atoms with van der Waals surface area (Å²) < 4.78 is 19.5. The first kappa shape index (κ1) is 25.4. The lowest BCUT2D eigenvalue weighted by molar-refractivity contribution is -0.0621. The molecule has 35 heavy (non-hydrogen) atoms. The van der Waals surface area contributed by atoms with Crippen LogP contribution >= 0.6 is 11.6 Å². The van der Waals surface area contributed by atoms with Crippen LogP contribution in [0.3, 0.4) is 0 Å². The summed E-state index contributed by atoms with van der Waals surface area (Å²) in [7, 11) is 1.64. The van der Waals surface area contributed by atoms with Crippen LogP contribution in [-0.4, -0.2) is 58.6 Å². The Hall–Kier alpha value is -2.74. The molecule has 8 heteroatoms. The Bertz CT molecular complexity index is 1100. The van der Waals surface area contributed by atoms with Crippen molar-refractivity contribution in [1.29, 1.82) is 0 Å². The molecule has 1 N–H and O–H groups in total. The second-order valence-corrected chi connectivity index (χ2v) is 9.71. The maximum absolute atomic E-state index is 11.3. The van der Waals surface area contributed by atoms with E-state index in [2.05, 4.69) is 9.88 Å². The largest absolute Gasteiger partial charge is 0.493 e. The van der Waals surface area contributed by atoms with Gasteiger partial charge in [-0.05, 0) is 74.2 Å². The van der Waals surface area contributed by atoms with E-state index in [1.165, 1.54) is 0 Å². The van der Waals surface area contributed by atoms with Crippen molar-refractivity contribution >= 4 is 11.6 Å². The van der Waals surface area contributed by atoms with Crippen molar-refractivity contribution in [2.24, 2.45) is 0 Å². The number of benzene rings is 2. The average molecular weight is 500 g/mol. The number of β-amino-alcohol motifs (C(OH)–C–C–N with tert-alkyl or cyclic N) is 1. The van der Waals surface area contributed by atoms with Crippen LogP contribution < -0.4 is 14.2 Å². The number of rotatable bonds is 10. The third kappa shape index (κ3) is 6.69. The second kappa shape index (κ2) is 11.3. The number of imidazole rings is 1. The van der Waals surface area contributed by atoms with Gasteiger partial charge in [-0.25, -0.2) is 4.98 Å². The van der Waals surface area contributed by atoms with Gasteiger partial charge in [0.05, 0.1) is 20.0 Å². The molecule has 3 aromatic rings. The number of halogens is 1. The molecule has 188 valence electrons. The number of methoxy groups -OCH3 is 1. The van der Waals surface area contributed by atoms with E-state index in [1.807, 2.05) is 54.9 Å². The van der Waals surface area contributed by atoms with Crippen molar-refractivity contribution < 1.29 is 19.3 Å². The highest BCUT2D eigenvalue weighted by Gasteiger charge is 2.34. The molecule has 7 nitrogen and oxygen atoms in total. The van der Waals surface area contributed by atoms with Gasteiger partial charge in [-0.3, -0.25) is 4.90 Å². The molecule has 0 amide bonds. The fourth-order valence-electron chi connectivity index (χ4n) is 4.54. The van der Waals surface area contributed by atoms with Crippen LogP contribution in [-0.2, 0) is 13.1 Å². The number of aliphatic hydroxyl groups is 1. The first-order valence-corrected chi connectivity index (χ1v) is 12.3. The van der Waals surface area contributed by atoms with Crippen LogP contribution in [0.4, 0.5) is 0 Å². The highest BCUT2D eigenvalue weighted by molar-refractivity contribution is 6.32. The van der Waals surface area contributed by atoms with E-state index in [0.29, 0.717) is 44.2 Å². The molecule has 0 saturated carbocycles. The van der Waals surface area contributed by atoms with E-state index in [9.17, 15) is 5.11 Å². The minimum absolute atomic E-state index is 0.245. The summed E-state index contributed by atoms with van der Waals surface area (Å²) in [6.07, 6.45) is 7.05. The summed E-state index contributed by atoms with van der Waals surface area (Å²) >= 11 is 6.27. The van der Waals surface area contributed by atoms with Gasteiger partial charge >= 0.3 is 0 Å². The van der Waals surface area contributed by atoms with Gasteiger partial charge in [-0.1, -0.05) is 17.7 Å². The first-order valence-electron chi connectivity index (χ1n) is 11.9. The molecule has 0 aliphatic carbocycles. The number of hydrogen-bond acceptors (Lipinski definition) is 6. The van der Waals surface area contributed by atoms with Gasteiger partial charge < -0.3 is 23.9 Å². The molecule has 1 aromatic heterocycles. The molecular weight excluding hydrogens is 466 g/mol. The zero-order valence-electron chi connectivity index (χ0n) is 20.7. The van der Waals surface area contributed by atoms with E-state index >= 15 is 0 Å². The van der Waals surface area contributed by atoms with Crippen molar-refractivity contribution in [2.75, 3.05) is 33.4 Å².